The molecule has 3 heterocycles. The van der Waals surface area contributed by atoms with Crippen LogP contribution in [0.1, 0.15) is 23.1 Å². The van der Waals surface area contributed by atoms with E-state index in [0.29, 0.717) is 22.6 Å². The minimum Gasteiger partial charge on any atom is -0.310 e. The lowest BCUT2D eigenvalue weighted by atomic mass is 9.71. The molecule has 5 rings (SSSR count). The van der Waals surface area contributed by atoms with Crippen molar-refractivity contribution in [2.24, 2.45) is 0 Å². The number of carbonyl (C=O) groups excluding carboxylic acids is 2. The monoisotopic (exact) mass is 400 g/mol. The molecule has 2 aliphatic rings. The molecule has 1 aromatic heterocycles. The Morgan fingerprint density at radius 3 is 2.77 bits per heavy atom. The lowest BCUT2D eigenvalue weighted by Crippen LogP contribution is -2.46. The molecular weight excluding hydrogens is 383 g/mol. The Hall–Kier alpha value is -3.92. The maximum absolute atomic E-state index is 14.2. The molecule has 2 aromatic carbocycles. The summed E-state index contributed by atoms with van der Waals surface area (Å²) in [5.41, 5.74) is 1.85. The van der Waals surface area contributed by atoms with Crippen LogP contribution >= 0.6 is 0 Å². The fourth-order valence-corrected chi connectivity index (χ4v) is 4.50. The van der Waals surface area contributed by atoms with Crippen LogP contribution in [0, 0.1) is 25.1 Å². The smallest absolute Gasteiger partial charge is 0.243 e. The number of rotatable bonds is 2. The molecule has 6 nitrogen and oxygen atoms in total. The molecule has 2 aliphatic heterocycles. The van der Waals surface area contributed by atoms with E-state index in [0.717, 1.165) is 11.3 Å². The van der Waals surface area contributed by atoms with Gasteiger partial charge in [-0.1, -0.05) is 24.1 Å². The topological polar surface area (TPSA) is 67.2 Å². The van der Waals surface area contributed by atoms with Gasteiger partial charge in [0, 0.05) is 17.7 Å². The van der Waals surface area contributed by atoms with E-state index >= 15 is 0 Å². The summed E-state index contributed by atoms with van der Waals surface area (Å²) in [7, 11) is 0. The molecule has 0 saturated heterocycles. The lowest BCUT2D eigenvalue weighted by Gasteiger charge is -2.32. The highest BCUT2D eigenvalue weighted by molar-refractivity contribution is 6.16. The van der Waals surface area contributed by atoms with Crippen molar-refractivity contribution in [3.8, 4) is 18.0 Å². The first kappa shape index (κ1) is 18.1. The van der Waals surface area contributed by atoms with Crippen molar-refractivity contribution >= 4 is 23.3 Å². The van der Waals surface area contributed by atoms with Gasteiger partial charge in [-0.15, -0.1) is 6.42 Å². The first-order valence-electron chi connectivity index (χ1n) is 9.47. The average molecular weight is 400 g/mol. The molecule has 0 fully saturated rings. The highest BCUT2D eigenvalue weighted by atomic mass is 19.1. The van der Waals surface area contributed by atoms with Gasteiger partial charge in [0.05, 0.1) is 18.4 Å². The number of nitrogens with zero attached hydrogens (tertiary/aromatic N) is 3. The van der Waals surface area contributed by atoms with E-state index in [1.807, 2.05) is 31.2 Å². The number of anilines is 2. The predicted octanol–water partition coefficient (Wildman–Crippen LogP) is 2.93. The molecule has 1 N–H and O–H groups in total. The zero-order valence-corrected chi connectivity index (χ0v) is 16.1. The van der Waals surface area contributed by atoms with Crippen LogP contribution in [0.25, 0.3) is 5.69 Å². The van der Waals surface area contributed by atoms with E-state index in [1.54, 1.807) is 10.9 Å². The quantitative estimate of drug-likeness (QED) is 0.673. The van der Waals surface area contributed by atoms with Crippen LogP contribution < -0.4 is 10.2 Å². The molecule has 0 unspecified atom stereocenters. The summed E-state index contributed by atoms with van der Waals surface area (Å²) in [6, 6.07) is 11.7. The number of amides is 2. The van der Waals surface area contributed by atoms with E-state index in [9.17, 15) is 14.0 Å². The molecule has 1 atom stereocenters. The van der Waals surface area contributed by atoms with Crippen LogP contribution in [0.15, 0.2) is 48.7 Å². The minimum absolute atomic E-state index is 0.0299. The van der Waals surface area contributed by atoms with Crippen LogP contribution in [0.5, 0.6) is 0 Å². The molecule has 148 valence electrons. The highest BCUT2D eigenvalue weighted by Crippen LogP contribution is 2.52. The Bertz CT molecular complexity index is 1270. The third-order valence-electron chi connectivity index (χ3n) is 5.83. The first-order chi connectivity index (χ1) is 14.5. The first-order valence-corrected chi connectivity index (χ1v) is 9.47. The van der Waals surface area contributed by atoms with Gasteiger partial charge in [0.25, 0.3) is 0 Å². The fourth-order valence-electron chi connectivity index (χ4n) is 4.50. The molecule has 7 heteroatoms. The molecule has 0 aliphatic carbocycles. The van der Waals surface area contributed by atoms with Crippen molar-refractivity contribution in [3.05, 3.63) is 71.2 Å². The Morgan fingerprint density at radius 1 is 1.20 bits per heavy atom. The Labute approximate surface area is 172 Å². The standard InChI is InChI=1S/C23H17FN4O2/c1-3-10-27-19-9-8-15(24)11-16(19)23(22(27)30)12-20(29)26-21-17(23)13-25-28(21)18-7-5-4-6-14(18)2/h1,4-9,11,13H,10,12H2,2H3,(H,26,29)/t23-/m1/s1. The molecular formula is C23H17FN4O2. The van der Waals surface area contributed by atoms with E-state index in [2.05, 4.69) is 16.3 Å². The fraction of sp³-hybridized carbons (Fsp3) is 0.174. The highest BCUT2D eigenvalue weighted by Gasteiger charge is 2.57. The van der Waals surface area contributed by atoms with Gasteiger partial charge in [-0.3, -0.25) is 14.5 Å². The number of hydrogen-bond acceptors (Lipinski definition) is 3. The summed E-state index contributed by atoms with van der Waals surface area (Å²) in [5.74, 6) is 1.72. The zero-order valence-electron chi connectivity index (χ0n) is 16.1. The van der Waals surface area contributed by atoms with Gasteiger partial charge >= 0.3 is 0 Å². The number of carbonyl (C=O) groups is 2. The van der Waals surface area contributed by atoms with Gasteiger partial charge in [0.15, 0.2) is 0 Å². The van der Waals surface area contributed by atoms with Crippen molar-refractivity contribution in [3.63, 3.8) is 0 Å². The maximum Gasteiger partial charge on any atom is 0.243 e. The van der Waals surface area contributed by atoms with Crippen LogP contribution in [-0.4, -0.2) is 28.1 Å². The largest absolute Gasteiger partial charge is 0.310 e. The summed E-state index contributed by atoms with van der Waals surface area (Å²) in [6.45, 7) is 1.96. The third kappa shape index (κ3) is 2.28. The minimum atomic E-state index is -1.37. The van der Waals surface area contributed by atoms with E-state index in [4.69, 9.17) is 6.42 Å². The summed E-state index contributed by atoms with van der Waals surface area (Å²) in [6.07, 6.45) is 6.91. The second-order valence-corrected chi connectivity index (χ2v) is 7.49. The zero-order chi connectivity index (χ0) is 21.0. The number of para-hydroxylation sites is 1. The normalized spacial score (nSPS) is 19.4. The van der Waals surface area contributed by atoms with Gasteiger partial charge in [0.1, 0.15) is 17.1 Å². The summed E-state index contributed by atoms with van der Waals surface area (Å²) >= 11 is 0. The Balaban J connectivity index is 1.79. The predicted molar refractivity (Wildman–Crippen MR) is 110 cm³/mol. The number of nitrogens with one attached hydrogen (secondary N) is 1. The van der Waals surface area contributed by atoms with Crippen LogP contribution in [-0.2, 0) is 15.0 Å². The molecule has 0 saturated carbocycles. The van der Waals surface area contributed by atoms with Gasteiger partial charge in [-0.05, 0) is 42.3 Å². The number of benzene rings is 2. The third-order valence-corrected chi connectivity index (χ3v) is 5.83. The van der Waals surface area contributed by atoms with Crippen molar-refractivity contribution in [2.75, 3.05) is 16.8 Å². The number of fused-ring (bicyclic) bond motifs is 4. The van der Waals surface area contributed by atoms with Gasteiger partial charge in [-0.25, -0.2) is 9.07 Å². The van der Waals surface area contributed by atoms with Crippen molar-refractivity contribution < 1.29 is 14.0 Å². The second kappa shape index (κ2) is 6.29. The van der Waals surface area contributed by atoms with Crippen LogP contribution in [0.2, 0.25) is 0 Å². The van der Waals surface area contributed by atoms with Gasteiger partial charge < -0.3 is 5.32 Å². The van der Waals surface area contributed by atoms with Gasteiger partial charge in [0.2, 0.25) is 11.8 Å². The number of hydrogen-bond donors (Lipinski definition) is 1. The maximum atomic E-state index is 14.2. The SMILES string of the molecule is C#CCN1C(=O)[C@]2(CC(=O)Nc3c2cnn3-c2ccccc2C)c2cc(F)ccc21. The number of halogens is 1. The Morgan fingerprint density at radius 2 is 2.00 bits per heavy atom. The molecule has 3 aromatic rings. The molecule has 0 bridgehead atoms. The summed E-state index contributed by atoms with van der Waals surface area (Å²) in [5, 5.41) is 7.34. The van der Waals surface area contributed by atoms with E-state index < -0.39 is 11.2 Å². The molecule has 1 spiro atoms. The molecule has 2 amide bonds. The summed E-state index contributed by atoms with van der Waals surface area (Å²) in [4.78, 5) is 27.9. The molecule has 30 heavy (non-hydrogen) atoms. The van der Waals surface area contributed by atoms with E-state index in [1.165, 1.54) is 23.1 Å². The number of aryl methyl sites for hydroxylation is 1. The van der Waals surface area contributed by atoms with Crippen molar-refractivity contribution in [1.29, 1.82) is 0 Å². The average Bonchev–Trinajstić information content (AvgIpc) is 3.23. The van der Waals surface area contributed by atoms with Crippen molar-refractivity contribution in [2.45, 2.75) is 18.8 Å². The second-order valence-electron chi connectivity index (χ2n) is 7.49. The number of terminal acetylenes is 1. The van der Waals surface area contributed by atoms with Crippen LogP contribution in [0.3, 0.4) is 0 Å². The van der Waals surface area contributed by atoms with Crippen molar-refractivity contribution in [1.82, 2.24) is 9.78 Å². The van der Waals surface area contributed by atoms with Gasteiger partial charge in [-0.2, -0.15) is 5.10 Å². The summed E-state index contributed by atoms with van der Waals surface area (Å²) < 4.78 is 15.9. The Kier molecular flexibility index (Phi) is 3.80. The number of aromatic nitrogens is 2. The lowest BCUT2D eigenvalue weighted by molar-refractivity contribution is -0.126. The van der Waals surface area contributed by atoms with E-state index in [-0.39, 0.29) is 24.8 Å². The van der Waals surface area contributed by atoms with Crippen LogP contribution in [0.4, 0.5) is 15.9 Å². The molecule has 0 radical (unpaired) electrons.